The molecule has 4 aliphatic heterocycles. The first-order chi connectivity index (χ1) is 31.6. The van der Waals surface area contributed by atoms with E-state index in [9.17, 15) is 31.7 Å². The number of aromatic nitrogens is 3. The zero-order chi connectivity index (χ0) is 46.0. The molecule has 7 heterocycles. The van der Waals surface area contributed by atoms with E-state index in [0.717, 1.165) is 49.6 Å². The third kappa shape index (κ3) is 8.56. The van der Waals surface area contributed by atoms with Crippen molar-refractivity contribution in [3.8, 4) is 17.4 Å². The lowest BCUT2D eigenvalue weighted by molar-refractivity contribution is -0.384. The SMILES string of the molecule is CC(C)c1ccccc1[C@@H]1CCCN1C1CC2(CCN(c3ccc(C(=O)NS(=O)(=O)c4cc([N+](=O)[O-])c5c(n4)OC[C@H](C4CCS(=O)(=O)CC4)N5)c(Oc4cnc5[nH]ccc5c4)c3)CC2)C1. The van der Waals surface area contributed by atoms with Gasteiger partial charge in [-0.25, -0.2) is 18.1 Å². The number of aromatic amines is 1. The summed E-state index contributed by atoms with van der Waals surface area (Å²) in [5.41, 5.74) is 3.86. The van der Waals surface area contributed by atoms with Crippen molar-refractivity contribution in [1.82, 2.24) is 24.6 Å². The number of rotatable bonds is 11. The monoisotopic (exact) mass is 938 g/mol. The van der Waals surface area contributed by atoms with Crippen LogP contribution in [0.25, 0.3) is 11.0 Å². The maximum Gasteiger partial charge on any atom is 0.300 e. The minimum atomic E-state index is -4.81. The van der Waals surface area contributed by atoms with Gasteiger partial charge in [0.15, 0.2) is 10.7 Å². The van der Waals surface area contributed by atoms with Crippen molar-refractivity contribution in [3.63, 3.8) is 0 Å². The second-order valence-electron chi connectivity index (χ2n) is 19.0. The molecule has 0 radical (unpaired) electrons. The number of H-pyrrole nitrogens is 1. The van der Waals surface area contributed by atoms with E-state index in [1.165, 1.54) is 49.1 Å². The lowest BCUT2D eigenvalue weighted by Gasteiger charge is -2.56. The van der Waals surface area contributed by atoms with Gasteiger partial charge in [0.1, 0.15) is 33.6 Å². The summed E-state index contributed by atoms with van der Waals surface area (Å²) in [5.74, 6) is -0.570. The van der Waals surface area contributed by atoms with Crippen molar-refractivity contribution in [1.29, 1.82) is 0 Å². The Kier molecular flexibility index (Phi) is 11.4. The number of sulfonamides is 1. The Morgan fingerprint density at radius 2 is 1.80 bits per heavy atom. The molecule has 1 spiro atoms. The number of hydrogen-bond donors (Lipinski definition) is 3. The smallest absolute Gasteiger partial charge is 0.300 e. The van der Waals surface area contributed by atoms with E-state index in [1.54, 1.807) is 24.4 Å². The number of nitrogens with zero attached hydrogens (tertiary/aromatic N) is 5. The summed E-state index contributed by atoms with van der Waals surface area (Å²) in [5, 5.41) is 15.4. The van der Waals surface area contributed by atoms with Crippen LogP contribution in [0.1, 0.15) is 98.7 Å². The molecule has 1 amide bonds. The number of nitro groups is 1. The predicted octanol–water partition coefficient (Wildman–Crippen LogP) is 7.48. The second kappa shape index (κ2) is 17.1. The first kappa shape index (κ1) is 44.1. The molecule has 17 nitrogen and oxygen atoms in total. The molecular formula is C47H54N8O9S2. The van der Waals surface area contributed by atoms with Crippen molar-refractivity contribution in [2.45, 2.75) is 94.3 Å². The lowest BCUT2D eigenvalue weighted by atomic mass is 9.59. The van der Waals surface area contributed by atoms with Gasteiger partial charge in [-0.15, -0.1) is 0 Å². The van der Waals surface area contributed by atoms with Crippen molar-refractivity contribution in [2.24, 2.45) is 11.3 Å². The number of carbonyl (C=O) groups is 1. The van der Waals surface area contributed by atoms with Gasteiger partial charge in [0, 0.05) is 48.5 Å². The van der Waals surface area contributed by atoms with Crippen molar-refractivity contribution >= 4 is 53.9 Å². The number of fused-ring (bicyclic) bond motifs is 2. The number of ether oxygens (including phenoxy) is 2. The fourth-order valence-electron chi connectivity index (χ4n) is 11.0. The highest BCUT2D eigenvalue weighted by atomic mass is 32.2. The fraction of sp³-hybridized carbons (Fsp3) is 0.468. The van der Waals surface area contributed by atoms with Gasteiger partial charge >= 0.3 is 5.69 Å². The third-order valence-electron chi connectivity index (χ3n) is 14.6. The Balaban J connectivity index is 0.857. The standard InChI is InChI=1S/C47H54N8O9S2/c1-29(2)35-6-3-4-7-36(35)39-8-5-17-54(39)33-25-47(26-33)14-18-53(19-15-47)32-9-10-37(41(23-32)64-34-22-31-11-16-48-44(31)49-27-34)45(56)52-66(61,62)42-24-40(55(57)58)43-46(51-42)63-28-38(50-43)30-12-20-65(59,60)21-13-30/h3-4,6-7,9-11,16,22-24,27,29-30,33,38-39,50H,5,8,12-15,17-21,25-26,28H2,1-2H3,(H,48,49)(H,52,56)/t38-,39+/m1/s1. The van der Waals surface area contributed by atoms with E-state index in [0.29, 0.717) is 42.2 Å². The topological polar surface area (TPSA) is 219 Å². The molecule has 2 atom stereocenters. The summed E-state index contributed by atoms with van der Waals surface area (Å²) in [6.07, 6.45) is 10.8. The molecular weight excluding hydrogens is 885 g/mol. The summed E-state index contributed by atoms with van der Waals surface area (Å²) in [7, 11) is -7.95. The second-order valence-corrected chi connectivity index (χ2v) is 22.9. The zero-order valence-corrected chi connectivity index (χ0v) is 38.6. The van der Waals surface area contributed by atoms with Crippen molar-refractivity contribution in [2.75, 3.05) is 48.0 Å². The first-order valence-corrected chi connectivity index (χ1v) is 26.2. The molecule has 0 unspecified atom stereocenters. The normalized spacial score (nSPS) is 22.1. The van der Waals surface area contributed by atoms with E-state index in [1.807, 2.05) is 6.07 Å². The van der Waals surface area contributed by atoms with Crippen LogP contribution in [0, 0.1) is 21.4 Å². The zero-order valence-electron chi connectivity index (χ0n) is 36.9. The number of hydrogen-bond acceptors (Lipinski definition) is 14. The third-order valence-corrected chi connectivity index (χ3v) is 17.5. The Bertz CT molecular complexity index is 2910. The number of carbonyl (C=O) groups excluding carboxylic acids is 1. The van der Waals surface area contributed by atoms with Crippen LogP contribution < -0.4 is 24.4 Å². The predicted molar refractivity (Wildman–Crippen MR) is 249 cm³/mol. The number of benzene rings is 2. The van der Waals surface area contributed by atoms with E-state index in [4.69, 9.17) is 9.47 Å². The van der Waals surface area contributed by atoms with Gasteiger partial charge in [-0.2, -0.15) is 13.4 Å². The molecule has 2 aromatic carbocycles. The molecule has 3 N–H and O–H groups in total. The summed E-state index contributed by atoms with van der Waals surface area (Å²) < 4.78 is 65.9. The van der Waals surface area contributed by atoms with E-state index in [-0.39, 0.29) is 52.3 Å². The molecule has 4 fully saturated rings. The number of amides is 1. The van der Waals surface area contributed by atoms with Gasteiger partial charge in [-0.1, -0.05) is 38.1 Å². The van der Waals surface area contributed by atoms with Crippen LogP contribution in [0.3, 0.4) is 0 Å². The highest BCUT2D eigenvalue weighted by molar-refractivity contribution is 7.91. The van der Waals surface area contributed by atoms with Gasteiger partial charge < -0.3 is 24.7 Å². The summed E-state index contributed by atoms with van der Waals surface area (Å²) in [6, 6.07) is 18.9. The minimum absolute atomic E-state index is 0.00264. The Labute approximate surface area is 383 Å². The molecule has 5 aromatic rings. The van der Waals surface area contributed by atoms with Gasteiger partial charge in [-0.3, -0.25) is 19.8 Å². The van der Waals surface area contributed by atoms with Crippen LogP contribution in [0.15, 0.2) is 78.1 Å². The molecule has 19 heteroatoms. The van der Waals surface area contributed by atoms with Gasteiger partial charge in [0.25, 0.3) is 15.9 Å². The van der Waals surface area contributed by atoms with Gasteiger partial charge in [0.05, 0.1) is 40.3 Å². The lowest BCUT2D eigenvalue weighted by Crippen LogP contribution is -2.54. The van der Waals surface area contributed by atoms with E-state index in [2.05, 4.69) is 72.9 Å². The quantitative estimate of drug-likeness (QED) is 0.0864. The summed E-state index contributed by atoms with van der Waals surface area (Å²) in [4.78, 5) is 42.2. The molecule has 3 aromatic heterocycles. The maximum absolute atomic E-state index is 14.1. The van der Waals surface area contributed by atoms with Crippen molar-refractivity contribution < 1.29 is 36.0 Å². The summed E-state index contributed by atoms with van der Waals surface area (Å²) in [6.45, 7) is 7.30. The number of piperidine rings is 1. The van der Waals surface area contributed by atoms with Crippen molar-refractivity contribution in [3.05, 3.63) is 99.9 Å². The van der Waals surface area contributed by atoms with Gasteiger partial charge in [0.2, 0.25) is 5.88 Å². The highest BCUT2D eigenvalue weighted by Crippen LogP contribution is 2.54. The van der Waals surface area contributed by atoms with Crippen LogP contribution in [0.2, 0.25) is 0 Å². The molecule has 348 valence electrons. The largest absolute Gasteiger partial charge is 0.474 e. The van der Waals surface area contributed by atoms with E-state index < -0.39 is 47.4 Å². The number of sulfone groups is 1. The molecule has 10 rings (SSSR count). The molecule has 3 saturated heterocycles. The van der Waals surface area contributed by atoms with E-state index >= 15 is 0 Å². The Morgan fingerprint density at radius 3 is 2.56 bits per heavy atom. The average Bonchev–Trinajstić information content (AvgIpc) is 3.98. The van der Waals surface area contributed by atoms with Gasteiger partial charge in [-0.05, 0) is 111 Å². The minimum Gasteiger partial charge on any atom is -0.474 e. The molecule has 5 aliphatic rings. The van der Waals surface area contributed by atoms with Crippen LogP contribution in [-0.4, -0.2) is 97.3 Å². The van der Waals surface area contributed by atoms with Crippen LogP contribution in [0.5, 0.6) is 17.4 Å². The number of nitrogens with one attached hydrogen (secondary N) is 3. The van der Waals surface area contributed by atoms with Crippen LogP contribution in [-0.2, 0) is 19.9 Å². The Hall–Kier alpha value is -5.79. The number of pyridine rings is 2. The molecule has 66 heavy (non-hydrogen) atoms. The van der Waals surface area contributed by atoms with Crippen LogP contribution in [0.4, 0.5) is 17.1 Å². The summed E-state index contributed by atoms with van der Waals surface area (Å²) >= 11 is 0. The maximum atomic E-state index is 14.1. The molecule has 0 bridgehead atoms. The average molecular weight is 939 g/mol. The molecule has 1 saturated carbocycles. The molecule has 1 aliphatic carbocycles. The number of anilines is 2. The highest BCUT2D eigenvalue weighted by Gasteiger charge is 2.50. The Morgan fingerprint density at radius 1 is 1.03 bits per heavy atom. The number of likely N-dealkylation sites (tertiary alicyclic amines) is 1. The fourth-order valence-corrected chi connectivity index (χ4v) is 13.5. The first-order valence-electron chi connectivity index (χ1n) is 22.9. The van der Waals surface area contributed by atoms with Crippen LogP contribution >= 0.6 is 0 Å².